The molecule has 1 amide bonds. The molecular weight excluding hydrogens is 284 g/mol. The van der Waals surface area contributed by atoms with Gasteiger partial charge < -0.3 is 10.2 Å². The number of nitrogens with one attached hydrogen (secondary N) is 1. The summed E-state index contributed by atoms with van der Waals surface area (Å²) < 4.78 is 0. The van der Waals surface area contributed by atoms with Crippen LogP contribution in [0.5, 0.6) is 0 Å². The van der Waals surface area contributed by atoms with Crippen LogP contribution in [0.2, 0.25) is 0 Å². The van der Waals surface area contributed by atoms with E-state index in [1.807, 2.05) is 12.1 Å². The molecule has 2 fully saturated rings. The number of hydrogen-bond donors (Lipinski definition) is 1. The highest BCUT2D eigenvalue weighted by atomic mass is 16.1. The fraction of sp³-hybridized carbons (Fsp3) is 0.650. The molecule has 0 unspecified atom stereocenters. The van der Waals surface area contributed by atoms with Crippen LogP contribution in [0.4, 0.5) is 5.69 Å². The van der Waals surface area contributed by atoms with E-state index in [0.717, 1.165) is 31.5 Å². The number of piperidine rings is 1. The Morgan fingerprint density at radius 1 is 0.826 bits per heavy atom. The Bertz CT molecular complexity index is 483. The summed E-state index contributed by atoms with van der Waals surface area (Å²) in [5.41, 5.74) is 2.06. The van der Waals surface area contributed by atoms with E-state index < -0.39 is 0 Å². The summed E-state index contributed by atoms with van der Waals surface area (Å²) in [4.78, 5) is 14.9. The second-order valence-corrected chi connectivity index (χ2v) is 7.11. The Labute approximate surface area is 140 Å². The van der Waals surface area contributed by atoms with Gasteiger partial charge in [0.25, 0.3) is 5.91 Å². The zero-order valence-corrected chi connectivity index (χ0v) is 14.2. The van der Waals surface area contributed by atoms with Crippen LogP contribution in [0, 0.1) is 0 Å². The summed E-state index contributed by atoms with van der Waals surface area (Å²) in [6.45, 7) is 2.29. The third kappa shape index (κ3) is 4.73. The summed E-state index contributed by atoms with van der Waals surface area (Å²) in [6, 6.07) is 8.56. The number of hydrogen-bond acceptors (Lipinski definition) is 2. The number of anilines is 1. The molecule has 0 spiro atoms. The number of carbonyl (C=O) groups is 1. The van der Waals surface area contributed by atoms with E-state index in [9.17, 15) is 4.79 Å². The molecule has 3 heteroatoms. The minimum absolute atomic E-state index is 0.0979. The van der Waals surface area contributed by atoms with E-state index in [-0.39, 0.29) is 5.91 Å². The van der Waals surface area contributed by atoms with Gasteiger partial charge in [0.2, 0.25) is 0 Å². The molecule has 126 valence electrons. The highest BCUT2D eigenvalue weighted by Crippen LogP contribution is 2.21. The van der Waals surface area contributed by atoms with E-state index in [1.165, 1.54) is 57.1 Å². The molecule has 0 bridgehead atoms. The van der Waals surface area contributed by atoms with Crippen molar-refractivity contribution in [3.8, 4) is 0 Å². The number of nitrogens with zero attached hydrogens (tertiary/aromatic N) is 1. The van der Waals surface area contributed by atoms with E-state index in [4.69, 9.17) is 0 Å². The van der Waals surface area contributed by atoms with Crippen LogP contribution in [0.25, 0.3) is 0 Å². The van der Waals surface area contributed by atoms with Gasteiger partial charge in [0.1, 0.15) is 0 Å². The third-order valence-corrected chi connectivity index (χ3v) is 5.29. The molecule has 3 rings (SSSR count). The van der Waals surface area contributed by atoms with Crippen molar-refractivity contribution in [2.75, 3.05) is 18.0 Å². The Balaban J connectivity index is 1.56. The lowest BCUT2D eigenvalue weighted by Crippen LogP contribution is -2.35. The standard InChI is InChI=1S/C20H30N2O/c23-20(21-18-9-5-2-1-3-6-10-18)17-11-13-19(14-12-17)22-15-7-4-8-16-22/h11-14,18H,1-10,15-16H2,(H,21,23). The minimum atomic E-state index is 0.0979. The van der Waals surface area contributed by atoms with Crippen molar-refractivity contribution in [2.24, 2.45) is 0 Å². The lowest BCUT2D eigenvalue weighted by Gasteiger charge is -2.29. The van der Waals surface area contributed by atoms with Crippen molar-refractivity contribution < 1.29 is 4.79 Å². The maximum absolute atomic E-state index is 12.5. The second-order valence-electron chi connectivity index (χ2n) is 7.11. The smallest absolute Gasteiger partial charge is 0.251 e. The summed E-state index contributed by atoms with van der Waals surface area (Å²) in [6.07, 6.45) is 12.7. The van der Waals surface area contributed by atoms with Crippen molar-refractivity contribution in [2.45, 2.75) is 70.3 Å². The van der Waals surface area contributed by atoms with E-state index in [0.29, 0.717) is 6.04 Å². The summed E-state index contributed by atoms with van der Waals surface area (Å²) in [7, 11) is 0. The highest BCUT2D eigenvalue weighted by molar-refractivity contribution is 5.94. The maximum atomic E-state index is 12.5. The zero-order valence-electron chi connectivity index (χ0n) is 14.2. The van der Waals surface area contributed by atoms with Crippen LogP contribution < -0.4 is 10.2 Å². The Kier molecular flexibility index (Phi) is 5.95. The normalized spacial score (nSPS) is 20.6. The van der Waals surface area contributed by atoms with E-state index in [1.54, 1.807) is 0 Å². The predicted molar refractivity (Wildman–Crippen MR) is 96.1 cm³/mol. The lowest BCUT2D eigenvalue weighted by atomic mass is 9.96. The average molecular weight is 314 g/mol. The van der Waals surface area contributed by atoms with Crippen molar-refractivity contribution in [3.05, 3.63) is 29.8 Å². The molecule has 3 nitrogen and oxygen atoms in total. The van der Waals surface area contributed by atoms with Crippen LogP contribution in [-0.2, 0) is 0 Å². The van der Waals surface area contributed by atoms with Gasteiger partial charge in [-0.15, -0.1) is 0 Å². The lowest BCUT2D eigenvalue weighted by molar-refractivity contribution is 0.0930. The minimum Gasteiger partial charge on any atom is -0.372 e. The second kappa shape index (κ2) is 8.37. The molecule has 1 N–H and O–H groups in total. The largest absolute Gasteiger partial charge is 0.372 e. The molecule has 0 aromatic heterocycles. The van der Waals surface area contributed by atoms with Gasteiger partial charge in [-0.05, 0) is 56.4 Å². The molecule has 23 heavy (non-hydrogen) atoms. The van der Waals surface area contributed by atoms with Gasteiger partial charge in [-0.1, -0.05) is 32.1 Å². The Morgan fingerprint density at radius 3 is 2.04 bits per heavy atom. The van der Waals surface area contributed by atoms with Gasteiger partial charge in [-0.25, -0.2) is 0 Å². The molecule has 1 saturated carbocycles. The summed E-state index contributed by atoms with van der Waals surface area (Å²) in [5.74, 6) is 0.0979. The van der Waals surface area contributed by atoms with Gasteiger partial charge in [-0.2, -0.15) is 0 Å². The quantitative estimate of drug-likeness (QED) is 0.889. The van der Waals surface area contributed by atoms with Crippen LogP contribution in [0.1, 0.15) is 74.6 Å². The van der Waals surface area contributed by atoms with Crippen molar-refractivity contribution in [1.29, 1.82) is 0 Å². The van der Waals surface area contributed by atoms with E-state index in [2.05, 4.69) is 22.3 Å². The number of rotatable bonds is 3. The maximum Gasteiger partial charge on any atom is 0.251 e. The zero-order chi connectivity index (χ0) is 15.9. The summed E-state index contributed by atoms with van der Waals surface area (Å²) in [5, 5.41) is 3.25. The molecular formula is C20H30N2O. The first kappa shape index (κ1) is 16.4. The van der Waals surface area contributed by atoms with Crippen LogP contribution in [-0.4, -0.2) is 25.0 Å². The summed E-state index contributed by atoms with van der Waals surface area (Å²) >= 11 is 0. The van der Waals surface area contributed by atoms with Gasteiger partial charge >= 0.3 is 0 Å². The SMILES string of the molecule is O=C(NC1CCCCCCC1)c1ccc(N2CCCCC2)cc1. The molecule has 1 heterocycles. The third-order valence-electron chi connectivity index (χ3n) is 5.29. The Hall–Kier alpha value is -1.51. The Morgan fingerprint density at radius 2 is 1.39 bits per heavy atom. The van der Waals surface area contributed by atoms with Gasteiger partial charge in [0, 0.05) is 30.4 Å². The fourth-order valence-electron chi connectivity index (χ4n) is 3.84. The van der Waals surface area contributed by atoms with Gasteiger partial charge in [0.05, 0.1) is 0 Å². The highest BCUT2D eigenvalue weighted by Gasteiger charge is 2.16. The number of carbonyl (C=O) groups excluding carboxylic acids is 1. The number of amides is 1. The van der Waals surface area contributed by atoms with E-state index >= 15 is 0 Å². The molecule has 1 aliphatic heterocycles. The van der Waals surface area contributed by atoms with Gasteiger partial charge in [0.15, 0.2) is 0 Å². The molecule has 1 saturated heterocycles. The van der Waals surface area contributed by atoms with Crippen molar-refractivity contribution >= 4 is 11.6 Å². The van der Waals surface area contributed by atoms with Crippen LogP contribution in [0.3, 0.4) is 0 Å². The first-order valence-electron chi connectivity index (χ1n) is 9.49. The monoisotopic (exact) mass is 314 g/mol. The first-order chi connectivity index (χ1) is 11.3. The molecule has 1 aliphatic carbocycles. The fourth-order valence-corrected chi connectivity index (χ4v) is 3.84. The van der Waals surface area contributed by atoms with Crippen molar-refractivity contribution in [3.63, 3.8) is 0 Å². The molecule has 1 aromatic carbocycles. The predicted octanol–water partition coefficient (Wildman–Crippen LogP) is 4.52. The van der Waals surface area contributed by atoms with Gasteiger partial charge in [-0.3, -0.25) is 4.79 Å². The first-order valence-corrected chi connectivity index (χ1v) is 9.49. The molecule has 1 aromatic rings. The topological polar surface area (TPSA) is 32.3 Å². The molecule has 0 atom stereocenters. The number of benzene rings is 1. The van der Waals surface area contributed by atoms with Crippen LogP contribution >= 0.6 is 0 Å². The van der Waals surface area contributed by atoms with Crippen LogP contribution in [0.15, 0.2) is 24.3 Å². The van der Waals surface area contributed by atoms with Crippen molar-refractivity contribution in [1.82, 2.24) is 5.32 Å². The average Bonchev–Trinajstić information content (AvgIpc) is 2.58. The molecule has 2 aliphatic rings. The molecule has 0 radical (unpaired) electrons.